The van der Waals surface area contributed by atoms with E-state index >= 15 is 0 Å². The van der Waals surface area contributed by atoms with Crippen LogP contribution in [0.2, 0.25) is 0 Å². The largest absolute Gasteiger partial charge is 0.324 e. The van der Waals surface area contributed by atoms with E-state index in [4.69, 9.17) is 5.73 Å². The minimum atomic E-state index is 0.258. The van der Waals surface area contributed by atoms with Gasteiger partial charge in [0.05, 0.1) is 0 Å². The zero-order valence-corrected chi connectivity index (χ0v) is 10.2. The van der Waals surface area contributed by atoms with Crippen LogP contribution in [0.3, 0.4) is 0 Å². The second kappa shape index (κ2) is 3.27. The van der Waals surface area contributed by atoms with Gasteiger partial charge in [0.25, 0.3) is 0 Å². The smallest absolute Gasteiger partial charge is 0.0344 e. The van der Waals surface area contributed by atoms with Crippen LogP contribution >= 0.6 is 38.5 Å². The molecule has 0 radical (unpaired) electrons. The summed E-state index contributed by atoms with van der Waals surface area (Å²) in [5.41, 5.74) is 8.68. The van der Waals surface area contributed by atoms with Gasteiger partial charge in [0.2, 0.25) is 0 Å². The number of hydrogen-bond donors (Lipinski definition) is 1. The van der Waals surface area contributed by atoms with Crippen LogP contribution in [-0.2, 0) is 6.42 Å². The Bertz CT molecular complexity index is 325. The number of rotatable bonds is 0. The van der Waals surface area contributed by atoms with E-state index in [0.29, 0.717) is 0 Å². The average molecular weight is 338 g/mol. The summed E-state index contributed by atoms with van der Waals surface area (Å²) in [7, 11) is 0. The Morgan fingerprint density at radius 1 is 1.50 bits per heavy atom. The lowest BCUT2D eigenvalue weighted by molar-refractivity contribution is 0.713. The highest BCUT2D eigenvalue weighted by Gasteiger charge is 2.21. The van der Waals surface area contributed by atoms with E-state index in [-0.39, 0.29) is 6.04 Å². The third kappa shape index (κ3) is 1.32. The molecule has 0 spiro atoms. The first kappa shape index (κ1) is 8.97. The Hall–Kier alpha value is 0.390. The van der Waals surface area contributed by atoms with E-state index in [1.807, 2.05) is 0 Å². The molecule has 0 saturated carbocycles. The maximum absolute atomic E-state index is 5.94. The van der Waals surface area contributed by atoms with E-state index < -0.39 is 0 Å². The van der Waals surface area contributed by atoms with Gasteiger partial charge in [-0.05, 0) is 68.6 Å². The molecule has 0 aliphatic heterocycles. The zero-order chi connectivity index (χ0) is 8.72. The molecule has 0 saturated heterocycles. The van der Waals surface area contributed by atoms with Crippen molar-refractivity contribution < 1.29 is 0 Å². The van der Waals surface area contributed by atoms with Crippen LogP contribution in [0.5, 0.6) is 0 Å². The summed E-state index contributed by atoms with van der Waals surface area (Å²) >= 11 is 5.93. The predicted octanol–water partition coefficient (Wildman–Crippen LogP) is 3.00. The van der Waals surface area contributed by atoms with Crippen LogP contribution in [0.25, 0.3) is 0 Å². The van der Waals surface area contributed by atoms with Gasteiger partial charge in [0.1, 0.15) is 0 Å². The fourth-order valence-electron chi connectivity index (χ4n) is 1.66. The lowest BCUT2D eigenvalue weighted by atomic mass is 10.1. The lowest BCUT2D eigenvalue weighted by Gasteiger charge is -2.06. The molecular formula is C9H9BrIN. The van der Waals surface area contributed by atoms with Gasteiger partial charge in [-0.25, -0.2) is 0 Å². The summed E-state index contributed by atoms with van der Waals surface area (Å²) in [5, 5.41) is 0. The first-order chi connectivity index (χ1) is 5.70. The minimum Gasteiger partial charge on any atom is -0.324 e. The minimum absolute atomic E-state index is 0.258. The maximum Gasteiger partial charge on any atom is 0.0344 e. The van der Waals surface area contributed by atoms with Crippen molar-refractivity contribution in [1.29, 1.82) is 0 Å². The third-order valence-electron chi connectivity index (χ3n) is 2.34. The van der Waals surface area contributed by atoms with Gasteiger partial charge >= 0.3 is 0 Å². The van der Waals surface area contributed by atoms with Crippen LogP contribution in [0.4, 0.5) is 0 Å². The van der Waals surface area contributed by atoms with E-state index in [0.717, 1.165) is 12.8 Å². The molecule has 64 valence electrons. The molecule has 2 N–H and O–H groups in total. The molecule has 1 aliphatic carbocycles. The number of fused-ring (bicyclic) bond motifs is 1. The lowest BCUT2D eigenvalue weighted by Crippen LogP contribution is -2.05. The van der Waals surface area contributed by atoms with E-state index in [2.05, 4.69) is 50.7 Å². The Morgan fingerprint density at radius 3 is 3.00 bits per heavy atom. The van der Waals surface area contributed by atoms with Crippen molar-refractivity contribution in [3.05, 3.63) is 31.3 Å². The fourth-order valence-corrected chi connectivity index (χ4v) is 2.73. The summed E-state index contributed by atoms with van der Waals surface area (Å²) < 4.78 is 2.52. The Kier molecular flexibility index (Phi) is 2.44. The van der Waals surface area contributed by atoms with Crippen LogP contribution in [0.15, 0.2) is 16.6 Å². The maximum atomic E-state index is 5.94. The van der Waals surface area contributed by atoms with Crippen molar-refractivity contribution in [3.63, 3.8) is 0 Å². The Labute approximate surface area is 94.0 Å². The first-order valence-corrected chi connectivity index (χ1v) is 5.79. The predicted molar refractivity (Wildman–Crippen MR) is 62.1 cm³/mol. The summed E-state index contributed by atoms with van der Waals surface area (Å²) in [6.45, 7) is 0. The summed E-state index contributed by atoms with van der Waals surface area (Å²) in [5.74, 6) is 0. The van der Waals surface area contributed by atoms with Crippen LogP contribution < -0.4 is 5.73 Å². The van der Waals surface area contributed by atoms with Crippen LogP contribution in [-0.4, -0.2) is 0 Å². The number of benzene rings is 1. The van der Waals surface area contributed by atoms with Crippen molar-refractivity contribution in [2.24, 2.45) is 5.73 Å². The van der Waals surface area contributed by atoms with Crippen LogP contribution in [0, 0.1) is 3.57 Å². The van der Waals surface area contributed by atoms with Crippen molar-refractivity contribution in [2.45, 2.75) is 18.9 Å². The van der Waals surface area contributed by atoms with Gasteiger partial charge in [0, 0.05) is 14.1 Å². The van der Waals surface area contributed by atoms with Crippen molar-refractivity contribution in [2.75, 3.05) is 0 Å². The van der Waals surface area contributed by atoms with E-state index in [9.17, 15) is 0 Å². The Morgan fingerprint density at radius 2 is 2.25 bits per heavy atom. The number of halogens is 2. The highest BCUT2D eigenvalue weighted by Crippen LogP contribution is 2.36. The normalized spacial score (nSPS) is 21.1. The molecule has 1 nitrogen and oxygen atoms in total. The molecule has 0 unspecified atom stereocenters. The second-order valence-corrected chi connectivity index (χ2v) is 5.03. The monoisotopic (exact) mass is 337 g/mol. The average Bonchev–Trinajstić information content (AvgIpc) is 2.41. The summed E-state index contributed by atoms with van der Waals surface area (Å²) in [4.78, 5) is 0. The van der Waals surface area contributed by atoms with Crippen molar-refractivity contribution in [3.8, 4) is 0 Å². The summed E-state index contributed by atoms with van der Waals surface area (Å²) in [6.07, 6.45) is 2.21. The molecular weight excluding hydrogens is 329 g/mol. The molecule has 1 aromatic carbocycles. The van der Waals surface area contributed by atoms with Gasteiger partial charge in [-0.1, -0.05) is 6.07 Å². The van der Waals surface area contributed by atoms with Crippen LogP contribution in [0.1, 0.15) is 23.6 Å². The molecule has 2 rings (SSSR count). The molecule has 0 heterocycles. The standard InChI is InChI=1S/C9H9BrIN/c10-9-6-2-4-8(12)5(6)1-3-7(9)11/h1,3,8H,2,4,12H2/t8-/m0/s1. The van der Waals surface area contributed by atoms with Gasteiger partial charge in [0.15, 0.2) is 0 Å². The van der Waals surface area contributed by atoms with Gasteiger partial charge < -0.3 is 5.73 Å². The molecule has 0 amide bonds. The summed E-state index contributed by atoms with van der Waals surface area (Å²) in [6, 6.07) is 4.53. The molecule has 0 aromatic heterocycles. The molecule has 0 bridgehead atoms. The van der Waals surface area contributed by atoms with Gasteiger partial charge in [-0.2, -0.15) is 0 Å². The second-order valence-electron chi connectivity index (χ2n) is 3.07. The van der Waals surface area contributed by atoms with Crippen molar-refractivity contribution >= 4 is 38.5 Å². The van der Waals surface area contributed by atoms with Crippen molar-refractivity contribution in [1.82, 2.24) is 0 Å². The first-order valence-electron chi connectivity index (χ1n) is 3.92. The molecule has 1 aromatic rings. The highest BCUT2D eigenvalue weighted by atomic mass is 127. The SMILES string of the molecule is N[C@H]1CCc2c1ccc(I)c2Br. The van der Waals surface area contributed by atoms with E-state index in [1.54, 1.807) is 0 Å². The molecule has 12 heavy (non-hydrogen) atoms. The zero-order valence-electron chi connectivity index (χ0n) is 6.48. The highest BCUT2D eigenvalue weighted by molar-refractivity contribution is 14.1. The quantitative estimate of drug-likeness (QED) is 0.724. The third-order valence-corrected chi connectivity index (χ3v) is 4.88. The number of hydrogen-bond acceptors (Lipinski definition) is 1. The molecule has 0 fully saturated rings. The topological polar surface area (TPSA) is 26.0 Å². The number of nitrogens with two attached hydrogens (primary N) is 1. The Balaban J connectivity index is 2.60. The van der Waals surface area contributed by atoms with Gasteiger partial charge in [-0.3, -0.25) is 0 Å². The fraction of sp³-hybridized carbons (Fsp3) is 0.333. The molecule has 3 heteroatoms. The molecule has 1 atom stereocenters. The van der Waals surface area contributed by atoms with E-state index in [1.165, 1.54) is 19.2 Å². The van der Waals surface area contributed by atoms with Gasteiger partial charge in [-0.15, -0.1) is 0 Å². The molecule has 1 aliphatic rings.